The highest BCUT2D eigenvalue weighted by atomic mass is 35.5. The summed E-state index contributed by atoms with van der Waals surface area (Å²) in [6.45, 7) is 7.90. The van der Waals surface area contributed by atoms with Crippen LogP contribution >= 0.6 is 11.6 Å². The fourth-order valence-corrected chi connectivity index (χ4v) is 4.07. The maximum absolute atomic E-state index is 12.2. The van der Waals surface area contributed by atoms with Crippen LogP contribution in [0, 0.1) is 0 Å². The number of rotatable bonds is 5. The van der Waals surface area contributed by atoms with Crippen LogP contribution in [0.1, 0.15) is 63.4 Å². The Morgan fingerprint density at radius 2 is 2.15 bits per heavy atom. The number of amides is 1. The molecule has 5 nitrogen and oxygen atoms in total. The van der Waals surface area contributed by atoms with E-state index in [0.29, 0.717) is 10.8 Å². The SMILES string of the molecule is CCc1ncnc(NC(CC)c2ccc3c(c2)N(C(C)=O)C(C)CC3)c1Cl. The van der Waals surface area contributed by atoms with E-state index in [1.807, 2.05) is 11.8 Å². The van der Waals surface area contributed by atoms with Crippen LogP contribution in [0.15, 0.2) is 24.5 Å². The van der Waals surface area contributed by atoms with Crippen LogP contribution in [0.25, 0.3) is 0 Å². The highest BCUT2D eigenvalue weighted by Crippen LogP contribution is 2.35. The van der Waals surface area contributed by atoms with Crippen molar-refractivity contribution in [1.29, 1.82) is 0 Å². The number of fused-ring (bicyclic) bond motifs is 1. The van der Waals surface area contributed by atoms with Crippen molar-refractivity contribution in [2.45, 2.75) is 65.5 Å². The molecule has 0 radical (unpaired) electrons. The number of benzene rings is 1. The highest BCUT2D eigenvalue weighted by molar-refractivity contribution is 6.33. The second-order valence-electron chi connectivity index (χ2n) is 7.11. The first kappa shape index (κ1) is 19.6. The molecule has 0 fully saturated rings. The van der Waals surface area contributed by atoms with Crippen molar-refractivity contribution < 1.29 is 4.79 Å². The Bertz CT molecular complexity index is 839. The first-order chi connectivity index (χ1) is 13.0. The lowest BCUT2D eigenvalue weighted by molar-refractivity contribution is -0.117. The molecule has 0 bridgehead atoms. The molecule has 1 N–H and O–H groups in total. The predicted octanol–water partition coefficient (Wildman–Crippen LogP) is 4.94. The minimum atomic E-state index is 0.0541. The second-order valence-corrected chi connectivity index (χ2v) is 7.48. The summed E-state index contributed by atoms with van der Waals surface area (Å²) in [5.41, 5.74) is 4.23. The number of nitrogens with one attached hydrogen (secondary N) is 1. The molecule has 2 heterocycles. The molecule has 1 aromatic heterocycles. The lowest BCUT2D eigenvalue weighted by Crippen LogP contribution is -2.40. The van der Waals surface area contributed by atoms with Gasteiger partial charge in [-0.3, -0.25) is 4.79 Å². The molecule has 3 rings (SSSR count). The van der Waals surface area contributed by atoms with Crippen molar-refractivity contribution in [1.82, 2.24) is 9.97 Å². The van der Waals surface area contributed by atoms with Gasteiger partial charge in [-0.25, -0.2) is 9.97 Å². The number of hydrogen-bond donors (Lipinski definition) is 1. The predicted molar refractivity (Wildman–Crippen MR) is 110 cm³/mol. The van der Waals surface area contributed by atoms with E-state index in [1.54, 1.807) is 13.3 Å². The number of halogens is 1. The molecule has 6 heteroatoms. The molecule has 0 spiro atoms. The summed E-state index contributed by atoms with van der Waals surface area (Å²) in [4.78, 5) is 22.7. The number of aromatic nitrogens is 2. The van der Waals surface area contributed by atoms with Crippen LogP contribution in [0.4, 0.5) is 11.5 Å². The third-order valence-corrected chi connectivity index (χ3v) is 5.70. The van der Waals surface area contributed by atoms with Crippen molar-refractivity contribution in [2.75, 3.05) is 10.2 Å². The third kappa shape index (κ3) is 3.93. The van der Waals surface area contributed by atoms with Gasteiger partial charge >= 0.3 is 0 Å². The van der Waals surface area contributed by atoms with Crippen LogP contribution in [-0.4, -0.2) is 21.9 Å². The molecule has 0 saturated carbocycles. The number of aryl methyl sites for hydroxylation is 2. The zero-order valence-electron chi connectivity index (χ0n) is 16.4. The fourth-order valence-electron chi connectivity index (χ4n) is 3.78. The van der Waals surface area contributed by atoms with E-state index in [9.17, 15) is 4.79 Å². The lowest BCUT2D eigenvalue weighted by Gasteiger charge is -2.35. The van der Waals surface area contributed by atoms with Gasteiger partial charge in [-0.05, 0) is 49.8 Å². The van der Waals surface area contributed by atoms with E-state index >= 15 is 0 Å². The van der Waals surface area contributed by atoms with Crippen LogP contribution in [0.2, 0.25) is 5.02 Å². The minimum Gasteiger partial charge on any atom is -0.362 e. The molecule has 0 aliphatic carbocycles. The van der Waals surface area contributed by atoms with Crippen molar-refractivity contribution in [3.05, 3.63) is 46.4 Å². The molecule has 1 aliphatic heterocycles. The molecular formula is C21H27ClN4O. The number of carbonyl (C=O) groups is 1. The number of hydrogen-bond acceptors (Lipinski definition) is 4. The van der Waals surface area contributed by atoms with E-state index in [2.05, 4.69) is 47.3 Å². The second kappa shape index (κ2) is 8.26. The summed E-state index contributed by atoms with van der Waals surface area (Å²) in [6, 6.07) is 6.71. The lowest BCUT2D eigenvalue weighted by atomic mass is 9.93. The van der Waals surface area contributed by atoms with Crippen LogP contribution in [-0.2, 0) is 17.6 Å². The highest BCUT2D eigenvalue weighted by Gasteiger charge is 2.27. The third-order valence-electron chi connectivity index (χ3n) is 5.30. The molecule has 1 amide bonds. The van der Waals surface area contributed by atoms with Crippen molar-refractivity contribution in [3.63, 3.8) is 0 Å². The van der Waals surface area contributed by atoms with Crippen LogP contribution < -0.4 is 10.2 Å². The summed E-state index contributed by atoms with van der Waals surface area (Å²) in [7, 11) is 0. The largest absolute Gasteiger partial charge is 0.362 e. The molecule has 2 aromatic rings. The van der Waals surface area contributed by atoms with Crippen LogP contribution in [0.5, 0.6) is 0 Å². The van der Waals surface area contributed by atoms with Crippen LogP contribution in [0.3, 0.4) is 0 Å². The smallest absolute Gasteiger partial charge is 0.224 e. The normalized spacial score (nSPS) is 17.4. The first-order valence-corrected chi connectivity index (χ1v) is 10.0. The van der Waals surface area contributed by atoms with Gasteiger partial charge in [-0.15, -0.1) is 0 Å². The van der Waals surface area contributed by atoms with E-state index < -0.39 is 0 Å². The quantitative estimate of drug-likeness (QED) is 0.790. The van der Waals surface area contributed by atoms with Gasteiger partial charge in [-0.2, -0.15) is 0 Å². The Morgan fingerprint density at radius 1 is 1.37 bits per heavy atom. The van der Waals surface area contributed by atoms with Gasteiger partial charge in [0, 0.05) is 18.7 Å². The summed E-state index contributed by atoms with van der Waals surface area (Å²) >= 11 is 6.46. The van der Waals surface area contributed by atoms with Gasteiger partial charge in [0.1, 0.15) is 17.2 Å². The molecule has 144 valence electrons. The Morgan fingerprint density at radius 3 is 2.81 bits per heavy atom. The molecule has 2 unspecified atom stereocenters. The zero-order valence-corrected chi connectivity index (χ0v) is 17.2. The minimum absolute atomic E-state index is 0.0541. The van der Waals surface area contributed by atoms with E-state index in [4.69, 9.17) is 11.6 Å². The van der Waals surface area contributed by atoms with E-state index in [0.717, 1.165) is 42.6 Å². The van der Waals surface area contributed by atoms with Gasteiger partial charge in [-0.1, -0.05) is 37.6 Å². The monoisotopic (exact) mass is 386 g/mol. The summed E-state index contributed by atoms with van der Waals surface area (Å²) in [6.07, 6.45) is 5.18. The molecule has 27 heavy (non-hydrogen) atoms. The Kier molecular flexibility index (Phi) is 6.00. The molecule has 2 atom stereocenters. The summed E-state index contributed by atoms with van der Waals surface area (Å²) in [5.74, 6) is 0.748. The first-order valence-electron chi connectivity index (χ1n) is 9.64. The zero-order chi connectivity index (χ0) is 19.6. The van der Waals surface area contributed by atoms with Gasteiger partial charge < -0.3 is 10.2 Å². The van der Waals surface area contributed by atoms with Crippen molar-refractivity contribution in [2.24, 2.45) is 0 Å². The summed E-state index contributed by atoms with van der Waals surface area (Å²) in [5, 5.41) is 4.04. The Labute approximate surface area is 166 Å². The van der Waals surface area contributed by atoms with Gasteiger partial charge in [0.2, 0.25) is 5.91 Å². The number of carbonyl (C=O) groups excluding carboxylic acids is 1. The van der Waals surface area contributed by atoms with Gasteiger partial charge in [0.25, 0.3) is 0 Å². The van der Waals surface area contributed by atoms with Gasteiger partial charge in [0.05, 0.1) is 11.7 Å². The Balaban J connectivity index is 1.94. The Hall–Kier alpha value is -2.14. The average molecular weight is 387 g/mol. The molecule has 0 saturated heterocycles. The molecule has 1 aromatic carbocycles. The fraction of sp³-hybridized carbons (Fsp3) is 0.476. The van der Waals surface area contributed by atoms with Gasteiger partial charge in [0.15, 0.2) is 0 Å². The van der Waals surface area contributed by atoms with E-state index in [-0.39, 0.29) is 18.0 Å². The maximum Gasteiger partial charge on any atom is 0.224 e. The standard InChI is InChI=1S/C21H27ClN4O/c1-5-17(25-21-20(22)18(6-2)23-12-24-21)16-10-9-15-8-7-13(3)26(14(4)27)19(15)11-16/h9-13,17H,5-8H2,1-4H3,(H,23,24,25). The average Bonchev–Trinajstić information content (AvgIpc) is 2.66. The number of nitrogens with zero attached hydrogens (tertiary/aromatic N) is 3. The van der Waals surface area contributed by atoms with Crippen molar-refractivity contribution in [3.8, 4) is 0 Å². The van der Waals surface area contributed by atoms with E-state index in [1.165, 1.54) is 5.56 Å². The topological polar surface area (TPSA) is 58.1 Å². The summed E-state index contributed by atoms with van der Waals surface area (Å²) < 4.78 is 0. The van der Waals surface area contributed by atoms with Crippen molar-refractivity contribution >= 4 is 29.0 Å². The maximum atomic E-state index is 12.2. The molecule has 1 aliphatic rings. The number of anilines is 2. The molecular weight excluding hydrogens is 360 g/mol.